The molecule has 160 valence electrons. The number of hydrogen-bond acceptors (Lipinski definition) is 5. The molecular weight excluding hydrogens is 358 g/mol. The van der Waals surface area contributed by atoms with Gasteiger partial charge in [0.05, 0.1) is 18.8 Å². The molecule has 0 aromatic rings. The minimum absolute atomic E-state index is 0.0310. The number of aliphatic hydroxyl groups excluding tert-OH is 3. The molecule has 0 spiro atoms. The summed E-state index contributed by atoms with van der Waals surface area (Å²) in [7, 11) is 0. The van der Waals surface area contributed by atoms with Crippen LogP contribution in [0.15, 0.2) is 24.3 Å². The van der Waals surface area contributed by atoms with Gasteiger partial charge in [0.2, 0.25) is 5.91 Å². The van der Waals surface area contributed by atoms with Gasteiger partial charge in [-0.3, -0.25) is 9.59 Å². The number of carbonyl (C=O) groups is 2. The maximum Gasteiger partial charge on any atom is 0.220 e. The van der Waals surface area contributed by atoms with Crippen LogP contribution in [0.25, 0.3) is 0 Å². The lowest BCUT2D eigenvalue weighted by atomic mass is 9.90. The lowest BCUT2D eigenvalue weighted by Gasteiger charge is -2.17. The molecule has 1 fully saturated rings. The summed E-state index contributed by atoms with van der Waals surface area (Å²) in [5.41, 5.74) is 0. The lowest BCUT2D eigenvalue weighted by Crippen LogP contribution is -2.25. The first-order valence-electron chi connectivity index (χ1n) is 10.6. The highest BCUT2D eigenvalue weighted by atomic mass is 16.3. The Kier molecular flexibility index (Phi) is 12.7. The Labute approximate surface area is 168 Å². The fraction of sp³-hybridized carbons (Fsp3) is 0.727. The molecule has 0 radical (unpaired) electrons. The summed E-state index contributed by atoms with van der Waals surface area (Å²) >= 11 is 0. The predicted molar refractivity (Wildman–Crippen MR) is 110 cm³/mol. The third-order valence-electron chi connectivity index (χ3n) is 5.17. The number of nitrogens with one attached hydrogen (secondary N) is 1. The molecular formula is C22H37NO5. The van der Waals surface area contributed by atoms with Crippen molar-refractivity contribution in [2.45, 2.75) is 76.9 Å². The summed E-state index contributed by atoms with van der Waals surface area (Å²) in [6.45, 7) is 2.34. The largest absolute Gasteiger partial charge is 0.395 e. The predicted octanol–water partition coefficient (Wildman–Crippen LogP) is 2.28. The molecule has 6 nitrogen and oxygen atoms in total. The van der Waals surface area contributed by atoms with E-state index in [4.69, 9.17) is 5.11 Å². The summed E-state index contributed by atoms with van der Waals surface area (Å²) in [5.74, 6) is -0.536. The van der Waals surface area contributed by atoms with E-state index in [-0.39, 0.29) is 43.1 Å². The molecule has 0 saturated heterocycles. The van der Waals surface area contributed by atoms with Crippen molar-refractivity contribution in [2.75, 3.05) is 13.2 Å². The van der Waals surface area contributed by atoms with Crippen molar-refractivity contribution in [2.24, 2.45) is 11.8 Å². The molecule has 0 aromatic heterocycles. The zero-order chi connectivity index (χ0) is 20.8. The molecule has 1 amide bonds. The minimum atomic E-state index is -0.645. The molecule has 1 aliphatic carbocycles. The van der Waals surface area contributed by atoms with Gasteiger partial charge in [0, 0.05) is 31.2 Å². The van der Waals surface area contributed by atoms with Crippen LogP contribution in [0.1, 0.15) is 64.7 Å². The average molecular weight is 396 g/mol. The molecule has 1 rings (SSSR count). The summed E-state index contributed by atoms with van der Waals surface area (Å²) in [6.07, 6.45) is 12.8. The number of amides is 1. The highest BCUT2D eigenvalue weighted by Crippen LogP contribution is 2.33. The van der Waals surface area contributed by atoms with Crippen molar-refractivity contribution in [3.8, 4) is 0 Å². The summed E-state index contributed by atoms with van der Waals surface area (Å²) < 4.78 is 0. The first-order valence-corrected chi connectivity index (χ1v) is 10.6. The highest BCUT2D eigenvalue weighted by molar-refractivity contribution is 5.86. The Balaban J connectivity index is 2.40. The van der Waals surface area contributed by atoms with Crippen molar-refractivity contribution in [1.29, 1.82) is 0 Å². The molecule has 1 saturated carbocycles. The van der Waals surface area contributed by atoms with Crippen LogP contribution in [-0.2, 0) is 9.59 Å². The van der Waals surface area contributed by atoms with Crippen LogP contribution in [0.5, 0.6) is 0 Å². The number of carbonyl (C=O) groups excluding carboxylic acids is 2. The van der Waals surface area contributed by atoms with Crippen molar-refractivity contribution >= 4 is 11.7 Å². The standard InChI is InChI=1S/C22H37NO5/c1-2-3-6-9-17(25)12-13-19-18(20(26)16-21(19)27)10-7-4-5-8-11-22(28)23-14-15-24/h4,7,12-13,17-20,24-26H,2-3,5-6,8-11,14-16H2,1H3,(H,23,28)/b7-4-,13-12+/t17-,18+,19+,20+/m0/s1. The SMILES string of the molecule is CCCCC[C@H](O)/C=C/[C@H]1C(=O)C[C@@H](O)[C@@H]1C/C=C\CCCC(=O)NCCO. The van der Waals surface area contributed by atoms with Crippen molar-refractivity contribution in [1.82, 2.24) is 5.32 Å². The van der Waals surface area contributed by atoms with Crippen LogP contribution < -0.4 is 5.32 Å². The summed E-state index contributed by atoms with van der Waals surface area (Å²) in [6, 6.07) is 0. The van der Waals surface area contributed by atoms with Crippen LogP contribution in [0.4, 0.5) is 0 Å². The second-order valence-corrected chi connectivity index (χ2v) is 7.55. The maximum atomic E-state index is 12.2. The van der Waals surface area contributed by atoms with E-state index in [9.17, 15) is 19.8 Å². The summed E-state index contributed by atoms with van der Waals surface area (Å²) in [5, 5.41) is 31.5. The van der Waals surface area contributed by atoms with Crippen molar-refractivity contribution in [3.63, 3.8) is 0 Å². The molecule has 0 unspecified atom stereocenters. The Hall–Kier alpha value is -1.50. The average Bonchev–Trinajstić information content (AvgIpc) is 2.94. The number of aliphatic hydroxyl groups is 3. The topological polar surface area (TPSA) is 107 Å². The van der Waals surface area contributed by atoms with Gasteiger partial charge in [-0.05, 0) is 25.7 Å². The Morgan fingerprint density at radius 1 is 1.29 bits per heavy atom. The number of rotatable bonds is 14. The van der Waals surface area contributed by atoms with Gasteiger partial charge in [0.1, 0.15) is 5.78 Å². The molecule has 1 aliphatic rings. The molecule has 0 aromatic carbocycles. The van der Waals surface area contributed by atoms with Crippen LogP contribution in [0, 0.1) is 11.8 Å². The molecule has 0 bridgehead atoms. The van der Waals surface area contributed by atoms with E-state index in [2.05, 4.69) is 12.2 Å². The van der Waals surface area contributed by atoms with Crippen molar-refractivity contribution in [3.05, 3.63) is 24.3 Å². The van der Waals surface area contributed by atoms with E-state index in [0.29, 0.717) is 25.7 Å². The number of allylic oxidation sites excluding steroid dienone is 3. The molecule has 28 heavy (non-hydrogen) atoms. The highest BCUT2D eigenvalue weighted by Gasteiger charge is 2.39. The van der Waals surface area contributed by atoms with Gasteiger partial charge in [-0.25, -0.2) is 0 Å². The minimum Gasteiger partial charge on any atom is -0.395 e. The second kappa shape index (κ2) is 14.5. The van der Waals surface area contributed by atoms with E-state index in [1.807, 2.05) is 12.2 Å². The molecule has 4 atom stereocenters. The van der Waals surface area contributed by atoms with Crippen LogP contribution in [0.3, 0.4) is 0 Å². The van der Waals surface area contributed by atoms with E-state index < -0.39 is 12.2 Å². The normalized spacial score (nSPS) is 23.7. The summed E-state index contributed by atoms with van der Waals surface area (Å²) in [4.78, 5) is 23.6. The second-order valence-electron chi connectivity index (χ2n) is 7.55. The molecule has 0 heterocycles. The first-order chi connectivity index (χ1) is 13.5. The Morgan fingerprint density at radius 2 is 2.07 bits per heavy atom. The Bertz CT molecular complexity index is 517. The van der Waals surface area contributed by atoms with Gasteiger partial charge >= 0.3 is 0 Å². The first kappa shape index (κ1) is 24.5. The van der Waals surface area contributed by atoms with E-state index >= 15 is 0 Å². The smallest absolute Gasteiger partial charge is 0.220 e. The lowest BCUT2D eigenvalue weighted by molar-refractivity contribution is -0.121. The fourth-order valence-electron chi connectivity index (χ4n) is 3.51. The maximum absolute atomic E-state index is 12.2. The van der Waals surface area contributed by atoms with Crippen LogP contribution in [0.2, 0.25) is 0 Å². The van der Waals surface area contributed by atoms with E-state index in [1.165, 1.54) is 0 Å². The number of unbranched alkanes of at least 4 members (excludes halogenated alkanes) is 3. The zero-order valence-corrected chi connectivity index (χ0v) is 17.1. The quantitative estimate of drug-likeness (QED) is 0.267. The number of hydrogen-bond donors (Lipinski definition) is 4. The third-order valence-corrected chi connectivity index (χ3v) is 5.17. The molecule has 6 heteroatoms. The van der Waals surface area contributed by atoms with E-state index in [0.717, 1.165) is 25.7 Å². The molecule has 4 N–H and O–H groups in total. The van der Waals surface area contributed by atoms with Crippen molar-refractivity contribution < 1.29 is 24.9 Å². The van der Waals surface area contributed by atoms with Gasteiger partial charge < -0.3 is 20.6 Å². The van der Waals surface area contributed by atoms with Gasteiger partial charge in [-0.15, -0.1) is 0 Å². The molecule has 0 aliphatic heterocycles. The zero-order valence-electron chi connectivity index (χ0n) is 17.1. The number of Topliss-reactive ketones (excluding diaryl/α,β-unsaturated/α-hetero) is 1. The number of ketones is 1. The van der Waals surface area contributed by atoms with Gasteiger partial charge in [0.15, 0.2) is 0 Å². The van der Waals surface area contributed by atoms with Crippen LogP contribution >= 0.6 is 0 Å². The van der Waals surface area contributed by atoms with Gasteiger partial charge in [-0.2, -0.15) is 0 Å². The Morgan fingerprint density at radius 3 is 2.79 bits per heavy atom. The fourth-order valence-corrected chi connectivity index (χ4v) is 3.51. The third kappa shape index (κ3) is 9.62. The van der Waals surface area contributed by atoms with E-state index in [1.54, 1.807) is 12.2 Å². The van der Waals surface area contributed by atoms with Gasteiger partial charge in [0.25, 0.3) is 0 Å². The monoisotopic (exact) mass is 395 g/mol. The van der Waals surface area contributed by atoms with Gasteiger partial charge in [-0.1, -0.05) is 50.5 Å². The van der Waals surface area contributed by atoms with Crippen LogP contribution in [-0.4, -0.2) is 52.4 Å².